The quantitative estimate of drug-likeness (QED) is 0.682. The molecule has 0 spiro atoms. The predicted molar refractivity (Wildman–Crippen MR) is 95.8 cm³/mol. The molecule has 23 heavy (non-hydrogen) atoms. The summed E-state index contributed by atoms with van der Waals surface area (Å²) in [4.78, 5) is 16.4. The van der Waals surface area contributed by atoms with E-state index in [1.54, 1.807) is 17.4 Å². The van der Waals surface area contributed by atoms with Crippen LogP contribution in [0.15, 0.2) is 30.3 Å². The molecule has 2 heterocycles. The van der Waals surface area contributed by atoms with Gasteiger partial charge in [0.25, 0.3) is 0 Å². The first-order valence-electron chi connectivity index (χ1n) is 7.41. The Morgan fingerprint density at radius 2 is 2.13 bits per heavy atom. The van der Waals surface area contributed by atoms with E-state index in [1.165, 1.54) is 17.4 Å². The first-order valence-corrected chi connectivity index (χ1v) is 9.05. The van der Waals surface area contributed by atoms with E-state index in [1.807, 2.05) is 24.3 Å². The van der Waals surface area contributed by atoms with Crippen molar-refractivity contribution < 1.29 is 4.79 Å². The first kappa shape index (κ1) is 15.8. The molecule has 0 bridgehead atoms. The molecule has 0 aliphatic rings. The van der Waals surface area contributed by atoms with Gasteiger partial charge in [0.1, 0.15) is 10.0 Å². The van der Waals surface area contributed by atoms with Crippen molar-refractivity contribution in [2.24, 2.45) is 0 Å². The highest BCUT2D eigenvalue weighted by Crippen LogP contribution is 2.22. The zero-order valence-corrected chi connectivity index (χ0v) is 14.3. The van der Waals surface area contributed by atoms with Crippen molar-refractivity contribution in [2.45, 2.75) is 26.2 Å². The summed E-state index contributed by atoms with van der Waals surface area (Å²) in [6.07, 6.45) is 6.31. The van der Waals surface area contributed by atoms with Crippen molar-refractivity contribution in [3.8, 4) is 0 Å². The standard InChI is InChI=1S/C16H16N4OS2/c1-2-3-8-15-19-20-16(23-15)18-13(21)9-10-14-17-11-6-4-5-7-12(11)22-14/h4-7,9-10H,2-3,8H2,1H3,(H,18,20,21). The molecule has 3 rings (SSSR count). The van der Waals surface area contributed by atoms with Gasteiger partial charge in [0, 0.05) is 12.5 Å². The third-order valence-electron chi connectivity index (χ3n) is 3.13. The molecule has 0 saturated carbocycles. The largest absolute Gasteiger partial charge is 0.297 e. The van der Waals surface area contributed by atoms with Crippen LogP contribution < -0.4 is 5.32 Å². The Morgan fingerprint density at radius 3 is 2.96 bits per heavy atom. The fourth-order valence-corrected chi connectivity index (χ4v) is 3.64. The van der Waals surface area contributed by atoms with Gasteiger partial charge in [0.05, 0.1) is 10.2 Å². The number of rotatable bonds is 6. The number of unbranched alkanes of at least 4 members (excludes halogenated alkanes) is 1. The van der Waals surface area contributed by atoms with Crippen molar-refractivity contribution in [3.63, 3.8) is 0 Å². The summed E-state index contributed by atoms with van der Waals surface area (Å²) in [7, 11) is 0. The maximum Gasteiger partial charge on any atom is 0.250 e. The Morgan fingerprint density at radius 1 is 1.26 bits per heavy atom. The second kappa shape index (κ2) is 7.43. The third kappa shape index (κ3) is 4.20. The summed E-state index contributed by atoms with van der Waals surface area (Å²) < 4.78 is 1.11. The lowest BCUT2D eigenvalue weighted by atomic mass is 10.3. The summed E-state index contributed by atoms with van der Waals surface area (Å²) in [6, 6.07) is 7.91. The highest BCUT2D eigenvalue weighted by molar-refractivity contribution is 7.19. The van der Waals surface area contributed by atoms with Crippen molar-refractivity contribution >= 4 is 50.0 Å². The monoisotopic (exact) mass is 344 g/mol. The van der Waals surface area contributed by atoms with Gasteiger partial charge < -0.3 is 0 Å². The van der Waals surface area contributed by atoms with Crippen LogP contribution in [0.3, 0.4) is 0 Å². The van der Waals surface area contributed by atoms with Gasteiger partial charge in [-0.2, -0.15) is 0 Å². The topological polar surface area (TPSA) is 67.8 Å². The molecule has 2 aromatic heterocycles. The van der Waals surface area contributed by atoms with Crippen LogP contribution in [0, 0.1) is 0 Å². The summed E-state index contributed by atoms with van der Waals surface area (Å²) >= 11 is 2.98. The van der Waals surface area contributed by atoms with Crippen LogP contribution >= 0.6 is 22.7 Å². The summed E-state index contributed by atoms with van der Waals surface area (Å²) in [5, 5.41) is 13.1. The number of anilines is 1. The predicted octanol–water partition coefficient (Wildman–Crippen LogP) is 4.14. The molecule has 118 valence electrons. The number of nitrogens with zero attached hydrogens (tertiary/aromatic N) is 3. The average molecular weight is 344 g/mol. The van der Waals surface area contributed by atoms with E-state index in [0.29, 0.717) is 5.13 Å². The Kier molecular flexibility index (Phi) is 5.09. The number of aryl methyl sites for hydroxylation is 1. The number of nitrogens with one attached hydrogen (secondary N) is 1. The highest BCUT2D eigenvalue weighted by atomic mass is 32.1. The minimum atomic E-state index is -0.220. The van der Waals surface area contributed by atoms with Crippen molar-refractivity contribution in [1.29, 1.82) is 0 Å². The van der Waals surface area contributed by atoms with Gasteiger partial charge in [-0.05, 0) is 24.6 Å². The van der Waals surface area contributed by atoms with E-state index in [9.17, 15) is 4.79 Å². The molecule has 1 amide bonds. The smallest absolute Gasteiger partial charge is 0.250 e. The SMILES string of the molecule is CCCCc1nnc(NC(=O)C=Cc2nc3ccccc3s2)s1. The fourth-order valence-electron chi connectivity index (χ4n) is 1.99. The van der Waals surface area contributed by atoms with Gasteiger partial charge in [-0.1, -0.05) is 36.8 Å². The molecule has 1 N–H and O–H groups in total. The lowest BCUT2D eigenvalue weighted by molar-refractivity contribution is -0.111. The average Bonchev–Trinajstić information content (AvgIpc) is 3.17. The van der Waals surface area contributed by atoms with Crippen LogP contribution in [-0.2, 0) is 11.2 Å². The van der Waals surface area contributed by atoms with E-state index in [0.717, 1.165) is 39.5 Å². The third-order valence-corrected chi connectivity index (χ3v) is 5.03. The van der Waals surface area contributed by atoms with E-state index in [2.05, 4.69) is 27.4 Å². The number of hydrogen-bond donors (Lipinski definition) is 1. The van der Waals surface area contributed by atoms with E-state index in [4.69, 9.17) is 0 Å². The number of fused-ring (bicyclic) bond motifs is 1. The number of hydrogen-bond acceptors (Lipinski definition) is 6. The normalized spacial score (nSPS) is 11.3. The zero-order valence-electron chi connectivity index (χ0n) is 12.7. The maximum absolute atomic E-state index is 11.9. The minimum Gasteiger partial charge on any atom is -0.297 e. The Labute approximate surface area is 142 Å². The Bertz CT molecular complexity index is 804. The number of carbonyl (C=O) groups excluding carboxylic acids is 1. The van der Waals surface area contributed by atoms with Gasteiger partial charge in [-0.15, -0.1) is 21.5 Å². The van der Waals surface area contributed by atoms with Crippen LogP contribution in [-0.4, -0.2) is 21.1 Å². The molecule has 3 aromatic rings. The first-order chi connectivity index (χ1) is 11.2. The van der Waals surface area contributed by atoms with Crippen LogP contribution in [0.1, 0.15) is 29.8 Å². The van der Waals surface area contributed by atoms with E-state index in [-0.39, 0.29) is 5.91 Å². The number of carbonyl (C=O) groups is 1. The van der Waals surface area contributed by atoms with Gasteiger partial charge in [0.15, 0.2) is 0 Å². The fraction of sp³-hybridized carbons (Fsp3) is 0.250. The van der Waals surface area contributed by atoms with Gasteiger partial charge >= 0.3 is 0 Å². The molecule has 7 heteroatoms. The molecule has 0 aliphatic carbocycles. The van der Waals surface area contributed by atoms with Gasteiger partial charge in [-0.25, -0.2) is 4.98 Å². The molecule has 0 aliphatic heterocycles. The van der Waals surface area contributed by atoms with E-state index < -0.39 is 0 Å². The van der Waals surface area contributed by atoms with Crippen molar-refractivity contribution in [2.75, 3.05) is 5.32 Å². The molecule has 0 atom stereocenters. The lowest BCUT2D eigenvalue weighted by Crippen LogP contribution is -2.07. The molecule has 5 nitrogen and oxygen atoms in total. The second-order valence-corrected chi connectivity index (χ2v) is 7.07. The van der Waals surface area contributed by atoms with Crippen LogP contribution in [0.4, 0.5) is 5.13 Å². The summed E-state index contributed by atoms with van der Waals surface area (Å²) in [5.74, 6) is -0.220. The Hall–Kier alpha value is -2.12. The van der Waals surface area contributed by atoms with Crippen LogP contribution in [0.2, 0.25) is 0 Å². The van der Waals surface area contributed by atoms with Crippen molar-refractivity contribution in [3.05, 3.63) is 40.4 Å². The molecule has 0 fully saturated rings. The number of thiazole rings is 1. The number of amides is 1. The van der Waals surface area contributed by atoms with Gasteiger partial charge in [0.2, 0.25) is 11.0 Å². The number of benzene rings is 1. The number of aromatic nitrogens is 3. The lowest BCUT2D eigenvalue weighted by Gasteiger charge is -1.93. The van der Waals surface area contributed by atoms with Crippen molar-refractivity contribution in [1.82, 2.24) is 15.2 Å². The summed E-state index contributed by atoms with van der Waals surface area (Å²) in [5.41, 5.74) is 0.947. The number of para-hydroxylation sites is 1. The highest BCUT2D eigenvalue weighted by Gasteiger charge is 2.06. The van der Waals surface area contributed by atoms with E-state index >= 15 is 0 Å². The molecule has 0 radical (unpaired) electrons. The van der Waals surface area contributed by atoms with Crippen LogP contribution in [0.5, 0.6) is 0 Å². The molecular formula is C16H16N4OS2. The second-order valence-electron chi connectivity index (χ2n) is 4.95. The Balaban J connectivity index is 1.61. The minimum absolute atomic E-state index is 0.220. The molecule has 0 unspecified atom stereocenters. The molecular weight excluding hydrogens is 328 g/mol. The van der Waals surface area contributed by atoms with Gasteiger partial charge in [-0.3, -0.25) is 10.1 Å². The summed E-state index contributed by atoms with van der Waals surface area (Å²) in [6.45, 7) is 2.14. The molecule has 0 saturated heterocycles. The van der Waals surface area contributed by atoms with Crippen LogP contribution in [0.25, 0.3) is 16.3 Å². The zero-order chi connectivity index (χ0) is 16.1. The molecule has 1 aromatic carbocycles. The maximum atomic E-state index is 11.9.